The topological polar surface area (TPSA) is 64.3 Å². The lowest BCUT2D eigenvalue weighted by Gasteiger charge is -2.22. The minimum Gasteiger partial charge on any atom is -0.380 e. The normalized spacial score (nSPS) is 16.5. The third-order valence-corrected chi connectivity index (χ3v) is 3.74. The van der Waals surface area contributed by atoms with Crippen molar-refractivity contribution in [3.05, 3.63) is 35.4 Å². The molecule has 0 spiro atoms. The molecule has 1 aromatic rings. The van der Waals surface area contributed by atoms with Crippen molar-refractivity contribution in [2.45, 2.75) is 44.4 Å². The van der Waals surface area contributed by atoms with Gasteiger partial charge in [-0.25, -0.2) is 0 Å². The zero-order chi connectivity index (χ0) is 13.7. The summed E-state index contributed by atoms with van der Waals surface area (Å²) in [7, 11) is 1.68. The number of hydrogen-bond acceptors (Lipinski definition) is 3. The highest BCUT2D eigenvalue weighted by Crippen LogP contribution is 2.27. The molecule has 0 aliphatic heterocycles. The molecule has 1 fully saturated rings. The van der Waals surface area contributed by atoms with E-state index in [1.807, 2.05) is 24.3 Å². The Bertz CT molecular complexity index is 428. The van der Waals surface area contributed by atoms with E-state index >= 15 is 0 Å². The van der Waals surface area contributed by atoms with Gasteiger partial charge < -0.3 is 15.8 Å². The van der Waals surface area contributed by atoms with E-state index in [4.69, 9.17) is 10.5 Å². The highest BCUT2D eigenvalue weighted by Gasteiger charge is 2.36. The SMILES string of the molecule is COCc1ccc(CNC(=O)C2(N)CCCC2)cc1.Cl. The standard InChI is InChI=1S/C15H22N2O2.ClH/c1-19-11-13-6-4-12(5-7-13)10-17-14(18)15(16)8-2-3-9-15;/h4-7H,2-3,8-11,16H2,1H3,(H,17,18);1H. The van der Waals surface area contributed by atoms with Crippen molar-refractivity contribution in [1.29, 1.82) is 0 Å². The van der Waals surface area contributed by atoms with Crippen molar-refractivity contribution in [2.24, 2.45) is 5.73 Å². The van der Waals surface area contributed by atoms with Gasteiger partial charge in [0.25, 0.3) is 0 Å². The molecule has 1 saturated carbocycles. The fourth-order valence-corrected chi connectivity index (χ4v) is 2.51. The van der Waals surface area contributed by atoms with E-state index in [-0.39, 0.29) is 18.3 Å². The monoisotopic (exact) mass is 298 g/mol. The van der Waals surface area contributed by atoms with Crippen LogP contribution >= 0.6 is 12.4 Å². The van der Waals surface area contributed by atoms with Crippen molar-refractivity contribution in [3.8, 4) is 0 Å². The second-order valence-electron chi connectivity index (χ2n) is 5.30. The molecule has 0 unspecified atom stereocenters. The molecule has 1 amide bonds. The molecule has 0 aromatic heterocycles. The maximum atomic E-state index is 12.1. The Morgan fingerprint density at radius 3 is 2.35 bits per heavy atom. The quantitative estimate of drug-likeness (QED) is 0.875. The Balaban J connectivity index is 0.00000200. The molecule has 2 rings (SSSR count). The number of carbonyl (C=O) groups excluding carboxylic acids is 1. The number of halogens is 1. The zero-order valence-corrected chi connectivity index (χ0v) is 12.7. The van der Waals surface area contributed by atoms with Gasteiger partial charge in [-0.05, 0) is 24.0 Å². The number of ether oxygens (including phenoxy) is 1. The van der Waals surface area contributed by atoms with Gasteiger partial charge in [-0.2, -0.15) is 0 Å². The minimum absolute atomic E-state index is 0. The highest BCUT2D eigenvalue weighted by atomic mass is 35.5. The summed E-state index contributed by atoms with van der Waals surface area (Å²) in [6, 6.07) is 8.04. The van der Waals surface area contributed by atoms with Gasteiger partial charge in [0.2, 0.25) is 5.91 Å². The summed E-state index contributed by atoms with van der Waals surface area (Å²) >= 11 is 0. The molecule has 20 heavy (non-hydrogen) atoms. The average molecular weight is 299 g/mol. The molecular formula is C15H23ClN2O2. The molecule has 1 aromatic carbocycles. The maximum Gasteiger partial charge on any atom is 0.240 e. The van der Waals surface area contributed by atoms with Crippen LogP contribution in [0, 0.1) is 0 Å². The molecule has 4 nitrogen and oxygen atoms in total. The molecule has 0 heterocycles. The number of rotatable bonds is 5. The van der Waals surface area contributed by atoms with Gasteiger partial charge in [-0.15, -0.1) is 12.4 Å². The zero-order valence-electron chi connectivity index (χ0n) is 11.9. The Morgan fingerprint density at radius 2 is 1.80 bits per heavy atom. The van der Waals surface area contributed by atoms with Crippen molar-refractivity contribution in [1.82, 2.24) is 5.32 Å². The first-order valence-corrected chi connectivity index (χ1v) is 6.78. The van der Waals surface area contributed by atoms with Crippen molar-refractivity contribution >= 4 is 18.3 Å². The van der Waals surface area contributed by atoms with Crippen LogP contribution in [0.15, 0.2) is 24.3 Å². The molecule has 3 N–H and O–H groups in total. The van der Waals surface area contributed by atoms with Crippen LogP contribution in [0.5, 0.6) is 0 Å². The lowest BCUT2D eigenvalue weighted by molar-refractivity contribution is -0.126. The summed E-state index contributed by atoms with van der Waals surface area (Å²) in [6.07, 6.45) is 3.70. The van der Waals surface area contributed by atoms with Crippen molar-refractivity contribution in [2.75, 3.05) is 7.11 Å². The van der Waals surface area contributed by atoms with Gasteiger partial charge >= 0.3 is 0 Å². The smallest absolute Gasteiger partial charge is 0.240 e. The second-order valence-corrected chi connectivity index (χ2v) is 5.30. The molecule has 0 atom stereocenters. The third-order valence-electron chi connectivity index (χ3n) is 3.74. The van der Waals surface area contributed by atoms with E-state index in [0.717, 1.165) is 36.8 Å². The molecule has 5 heteroatoms. The van der Waals surface area contributed by atoms with Crippen molar-refractivity contribution < 1.29 is 9.53 Å². The summed E-state index contributed by atoms with van der Waals surface area (Å²) in [5, 5.41) is 2.94. The van der Waals surface area contributed by atoms with E-state index in [9.17, 15) is 4.79 Å². The van der Waals surface area contributed by atoms with Crippen LogP contribution in [-0.2, 0) is 22.7 Å². The summed E-state index contributed by atoms with van der Waals surface area (Å²) in [5.41, 5.74) is 7.67. The van der Waals surface area contributed by atoms with E-state index in [1.165, 1.54) is 0 Å². The van der Waals surface area contributed by atoms with Gasteiger partial charge in [0.05, 0.1) is 12.1 Å². The number of methoxy groups -OCH3 is 1. The van der Waals surface area contributed by atoms with Crippen molar-refractivity contribution in [3.63, 3.8) is 0 Å². The number of hydrogen-bond donors (Lipinski definition) is 2. The number of nitrogens with two attached hydrogens (primary N) is 1. The fourth-order valence-electron chi connectivity index (χ4n) is 2.51. The van der Waals surface area contributed by atoms with Crippen LogP contribution in [0.1, 0.15) is 36.8 Å². The summed E-state index contributed by atoms with van der Waals surface area (Å²) in [5.74, 6) is -0.0223. The molecule has 112 valence electrons. The van der Waals surface area contributed by atoms with E-state index in [1.54, 1.807) is 7.11 Å². The largest absolute Gasteiger partial charge is 0.380 e. The van der Waals surface area contributed by atoms with Gasteiger partial charge in [0, 0.05) is 13.7 Å². The van der Waals surface area contributed by atoms with Crippen LogP contribution in [0.4, 0.5) is 0 Å². The van der Waals surface area contributed by atoms with E-state index in [0.29, 0.717) is 13.2 Å². The maximum absolute atomic E-state index is 12.1. The number of carbonyl (C=O) groups is 1. The first-order chi connectivity index (χ1) is 9.14. The molecule has 0 saturated heterocycles. The van der Waals surface area contributed by atoms with Gasteiger partial charge in [0.1, 0.15) is 0 Å². The highest BCUT2D eigenvalue weighted by molar-refractivity contribution is 5.86. The number of benzene rings is 1. The summed E-state index contributed by atoms with van der Waals surface area (Å²) in [4.78, 5) is 12.1. The Morgan fingerprint density at radius 1 is 1.25 bits per heavy atom. The minimum atomic E-state index is -0.643. The Kier molecular flexibility index (Phi) is 6.46. The fraction of sp³-hybridized carbons (Fsp3) is 0.533. The molecule has 0 radical (unpaired) electrons. The van der Waals surface area contributed by atoms with Crippen LogP contribution in [0.25, 0.3) is 0 Å². The van der Waals surface area contributed by atoms with E-state index < -0.39 is 5.54 Å². The first-order valence-electron chi connectivity index (χ1n) is 6.78. The van der Waals surface area contributed by atoms with Crippen LogP contribution in [-0.4, -0.2) is 18.6 Å². The predicted octanol–water partition coefficient (Wildman–Crippen LogP) is 2.14. The summed E-state index contributed by atoms with van der Waals surface area (Å²) in [6.45, 7) is 1.14. The predicted molar refractivity (Wildman–Crippen MR) is 81.6 cm³/mol. The van der Waals surface area contributed by atoms with Gasteiger partial charge in [-0.1, -0.05) is 37.1 Å². The number of amides is 1. The first kappa shape index (κ1) is 17.0. The molecular weight excluding hydrogens is 276 g/mol. The molecule has 1 aliphatic rings. The third kappa shape index (κ3) is 4.20. The van der Waals surface area contributed by atoms with Crippen LogP contribution < -0.4 is 11.1 Å². The van der Waals surface area contributed by atoms with E-state index in [2.05, 4.69) is 5.32 Å². The lowest BCUT2D eigenvalue weighted by Crippen LogP contribution is -2.51. The van der Waals surface area contributed by atoms with Gasteiger partial charge in [-0.3, -0.25) is 4.79 Å². The lowest BCUT2D eigenvalue weighted by atomic mass is 9.98. The average Bonchev–Trinajstić information content (AvgIpc) is 2.86. The second kappa shape index (κ2) is 7.62. The Labute approximate surface area is 126 Å². The number of nitrogens with one attached hydrogen (secondary N) is 1. The Hall–Kier alpha value is -1.10. The summed E-state index contributed by atoms with van der Waals surface area (Å²) < 4.78 is 5.06. The van der Waals surface area contributed by atoms with Gasteiger partial charge in [0.15, 0.2) is 0 Å². The molecule has 1 aliphatic carbocycles. The van der Waals surface area contributed by atoms with Crippen LogP contribution in [0.3, 0.4) is 0 Å². The molecule has 0 bridgehead atoms. The van der Waals surface area contributed by atoms with Crippen LogP contribution in [0.2, 0.25) is 0 Å².